The predicted molar refractivity (Wildman–Crippen MR) is 69.3 cm³/mol. The smallest absolute Gasteiger partial charge is 0.139 e. The highest BCUT2D eigenvalue weighted by atomic mass is 16.5. The van der Waals surface area contributed by atoms with E-state index in [1.54, 1.807) is 6.08 Å². The fourth-order valence-corrected chi connectivity index (χ4v) is 2.25. The summed E-state index contributed by atoms with van der Waals surface area (Å²) < 4.78 is 5.97. The molecule has 0 radical (unpaired) electrons. The highest BCUT2D eigenvalue weighted by molar-refractivity contribution is 5.93. The van der Waals surface area contributed by atoms with E-state index in [4.69, 9.17) is 4.74 Å². The average molecular weight is 226 g/mol. The van der Waals surface area contributed by atoms with E-state index in [0.717, 1.165) is 22.1 Å². The maximum atomic E-state index is 10.0. The summed E-state index contributed by atoms with van der Waals surface area (Å²) in [5, 5.41) is 12.2. The molecule has 0 atom stereocenters. The Labute approximate surface area is 100 Å². The van der Waals surface area contributed by atoms with Gasteiger partial charge in [-0.3, -0.25) is 0 Å². The number of aliphatic hydroxyl groups excluding tert-OH is 1. The topological polar surface area (TPSA) is 29.5 Å². The molecular formula is C15H14O2. The van der Waals surface area contributed by atoms with E-state index in [1.807, 2.05) is 50.2 Å². The first kappa shape index (κ1) is 10.2. The molecule has 0 saturated heterocycles. The van der Waals surface area contributed by atoms with E-state index in [-0.39, 0.29) is 0 Å². The van der Waals surface area contributed by atoms with Gasteiger partial charge in [-0.2, -0.15) is 0 Å². The van der Waals surface area contributed by atoms with Gasteiger partial charge in [-0.15, -0.1) is 0 Å². The molecule has 3 rings (SSSR count). The molecule has 0 aliphatic carbocycles. The molecule has 0 spiro atoms. The minimum atomic E-state index is -0.471. The van der Waals surface area contributed by atoms with Crippen LogP contribution in [0.2, 0.25) is 0 Å². The molecule has 1 N–H and O–H groups in total. The third kappa shape index (κ3) is 1.57. The molecule has 17 heavy (non-hydrogen) atoms. The van der Waals surface area contributed by atoms with Crippen molar-refractivity contribution >= 4 is 16.5 Å². The largest absolute Gasteiger partial charge is 0.507 e. The van der Waals surface area contributed by atoms with Gasteiger partial charge >= 0.3 is 0 Å². The third-order valence-corrected chi connectivity index (χ3v) is 3.00. The molecule has 2 aromatic rings. The lowest BCUT2D eigenvalue weighted by atomic mass is 9.97. The number of ether oxygens (including phenoxy) is 1. The van der Waals surface area contributed by atoms with Crippen LogP contribution in [0.15, 0.2) is 42.5 Å². The van der Waals surface area contributed by atoms with Crippen molar-refractivity contribution < 1.29 is 9.84 Å². The van der Waals surface area contributed by atoms with E-state index in [9.17, 15) is 5.11 Å². The zero-order valence-corrected chi connectivity index (χ0v) is 9.90. The van der Waals surface area contributed by atoms with E-state index in [2.05, 4.69) is 0 Å². The number of hydrogen-bond acceptors (Lipinski definition) is 2. The first-order chi connectivity index (χ1) is 8.07. The van der Waals surface area contributed by atoms with Crippen LogP contribution in [0.3, 0.4) is 0 Å². The molecule has 0 amide bonds. The molecule has 1 aliphatic heterocycles. The summed E-state index contributed by atoms with van der Waals surface area (Å²) >= 11 is 0. The fourth-order valence-electron chi connectivity index (χ4n) is 2.25. The first-order valence-corrected chi connectivity index (χ1v) is 5.70. The van der Waals surface area contributed by atoms with Crippen LogP contribution < -0.4 is 4.74 Å². The molecule has 0 unspecified atom stereocenters. The standard InChI is InChI=1S/C15H14O2/c1-15(2)9-13(16)12-8-7-10-5-3-4-6-11(10)14(12)17-15/h3-9,16H,1-2H3. The maximum absolute atomic E-state index is 10.0. The monoisotopic (exact) mass is 226 g/mol. The molecule has 2 aromatic carbocycles. The summed E-state index contributed by atoms with van der Waals surface area (Å²) in [4.78, 5) is 0. The predicted octanol–water partition coefficient (Wildman–Crippen LogP) is 3.91. The highest BCUT2D eigenvalue weighted by Gasteiger charge is 2.27. The van der Waals surface area contributed by atoms with Gasteiger partial charge in [0.15, 0.2) is 0 Å². The van der Waals surface area contributed by atoms with Gasteiger partial charge in [0.2, 0.25) is 0 Å². The molecular weight excluding hydrogens is 212 g/mol. The molecule has 2 nitrogen and oxygen atoms in total. The summed E-state index contributed by atoms with van der Waals surface area (Å²) in [7, 11) is 0. The Kier molecular flexibility index (Phi) is 1.96. The van der Waals surface area contributed by atoms with Crippen molar-refractivity contribution in [2.24, 2.45) is 0 Å². The molecule has 0 aromatic heterocycles. The van der Waals surface area contributed by atoms with Crippen molar-refractivity contribution in [3.63, 3.8) is 0 Å². The van der Waals surface area contributed by atoms with E-state index >= 15 is 0 Å². The minimum Gasteiger partial charge on any atom is -0.507 e. The number of hydrogen-bond donors (Lipinski definition) is 1. The molecule has 0 fully saturated rings. The summed E-state index contributed by atoms with van der Waals surface area (Å²) in [6.45, 7) is 3.88. The van der Waals surface area contributed by atoms with Crippen LogP contribution in [0, 0.1) is 0 Å². The Morgan fingerprint density at radius 1 is 1.06 bits per heavy atom. The second kappa shape index (κ2) is 3.27. The Morgan fingerprint density at radius 3 is 2.65 bits per heavy atom. The van der Waals surface area contributed by atoms with Crippen LogP contribution in [0.4, 0.5) is 0 Å². The van der Waals surface area contributed by atoms with Gasteiger partial charge in [0, 0.05) is 11.5 Å². The SMILES string of the molecule is CC1(C)C=C(O)c2ccc3ccccc3c2O1. The van der Waals surface area contributed by atoms with E-state index < -0.39 is 5.60 Å². The maximum Gasteiger partial charge on any atom is 0.139 e. The van der Waals surface area contributed by atoms with Crippen molar-refractivity contribution in [3.05, 3.63) is 48.0 Å². The molecule has 0 saturated carbocycles. The van der Waals surface area contributed by atoms with Crippen molar-refractivity contribution in [2.75, 3.05) is 0 Å². The Bertz CT molecular complexity index is 624. The van der Waals surface area contributed by atoms with Gasteiger partial charge in [0.25, 0.3) is 0 Å². The second-order valence-electron chi connectivity index (χ2n) is 4.90. The lowest BCUT2D eigenvalue weighted by Gasteiger charge is -2.30. The van der Waals surface area contributed by atoms with Crippen LogP contribution >= 0.6 is 0 Å². The summed E-state index contributed by atoms with van der Waals surface area (Å²) in [5.74, 6) is 1.06. The van der Waals surface area contributed by atoms with Crippen LogP contribution in [0.1, 0.15) is 19.4 Å². The zero-order valence-electron chi connectivity index (χ0n) is 9.90. The zero-order chi connectivity index (χ0) is 12.0. The fraction of sp³-hybridized carbons (Fsp3) is 0.200. The van der Waals surface area contributed by atoms with Gasteiger partial charge in [0.05, 0.1) is 5.56 Å². The number of fused-ring (bicyclic) bond motifs is 3. The molecule has 0 bridgehead atoms. The average Bonchev–Trinajstić information content (AvgIpc) is 2.27. The summed E-state index contributed by atoms with van der Waals surface area (Å²) in [6, 6.07) is 11.9. The Morgan fingerprint density at radius 2 is 1.82 bits per heavy atom. The van der Waals surface area contributed by atoms with Crippen molar-refractivity contribution in [3.8, 4) is 5.75 Å². The van der Waals surface area contributed by atoms with Gasteiger partial charge in [-0.05, 0) is 25.3 Å². The quantitative estimate of drug-likeness (QED) is 0.738. The van der Waals surface area contributed by atoms with Crippen molar-refractivity contribution in [1.29, 1.82) is 0 Å². The minimum absolute atomic E-state index is 0.294. The molecule has 2 heteroatoms. The second-order valence-corrected chi connectivity index (χ2v) is 4.90. The normalized spacial score (nSPS) is 17.2. The van der Waals surface area contributed by atoms with E-state index in [0.29, 0.717) is 5.76 Å². The van der Waals surface area contributed by atoms with Crippen LogP contribution in [0.5, 0.6) is 5.75 Å². The molecule has 86 valence electrons. The van der Waals surface area contributed by atoms with Gasteiger partial charge in [-0.25, -0.2) is 0 Å². The van der Waals surface area contributed by atoms with Crippen LogP contribution in [0.25, 0.3) is 16.5 Å². The number of benzene rings is 2. The van der Waals surface area contributed by atoms with Crippen molar-refractivity contribution in [2.45, 2.75) is 19.4 Å². The van der Waals surface area contributed by atoms with Crippen molar-refractivity contribution in [1.82, 2.24) is 0 Å². The van der Waals surface area contributed by atoms with Gasteiger partial charge in [0.1, 0.15) is 17.1 Å². The Hall–Kier alpha value is -1.96. The lowest BCUT2D eigenvalue weighted by Crippen LogP contribution is -2.29. The van der Waals surface area contributed by atoms with Gasteiger partial charge in [-0.1, -0.05) is 30.3 Å². The molecule has 1 heterocycles. The van der Waals surface area contributed by atoms with Crippen LogP contribution in [-0.2, 0) is 0 Å². The highest BCUT2D eigenvalue weighted by Crippen LogP contribution is 2.39. The number of aliphatic hydroxyl groups is 1. The first-order valence-electron chi connectivity index (χ1n) is 5.70. The summed E-state index contributed by atoms with van der Waals surface area (Å²) in [6.07, 6.45) is 1.74. The summed E-state index contributed by atoms with van der Waals surface area (Å²) in [5.41, 5.74) is 0.296. The third-order valence-electron chi connectivity index (χ3n) is 3.00. The van der Waals surface area contributed by atoms with Gasteiger partial charge < -0.3 is 9.84 Å². The number of rotatable bonds is 0. The van der Waals surface area contributed by atoms with E-state index in [1.165, 1.54) is 0 Å². The molecule has 1 aliphatic rings. The van der Waals surface area contributed by atoms with Crippen LogP contribution in [-0.4, -0.2) is 10.7 Å². The lowest BCUT2D eigenvalue weighted by molar-refractivity contribution is 0.156. The Balaban J connectivity index is 2.35.